The van der Waals surface area contributed by atoms with Gasteiger partial charge in [-0.3, -0.25) is 4.68 Å². The third-order valence-electron chi connectivity index (χ3n) is 4.65. The van der Waals surface area contributed by atoms with Gasteiger partial charge in [0, 0.05) is 24.5 Å². The van der Waals surface area contributed by atoms with Gasteiger partial charge in [-0.05, 0) is 30.7 Å². The second-order valence-electron chi connectivity index (χ2n) is 6.39. The summed E-state index contributed by atoms with van der Waals surface area (Å²) in [6, 6.07) is 9.09. The molecular formula is C19H20FN3O4S. The van der Waals surface area contributed by atoms with Crippen molar-refractivity contribution in [2.45, 2.75) is 18.7 Å². The number of hydrogen-bond acceptors (Lipinski definition) is 5. The molecule has 0 aliphatic heterocycles. The van der Waals surface area contributed by atoms with E-state index >= 15 is 0 Å². The standard InChI is InChI=1S/C19H20FN3O4S/c1-12(13-4-7-16-10-21-23(2)18(16)9-13)28(25,26)22-11-15-6-5-14(8-17(15)20)19(24)27-3/h4-10,12,22H,11H2,1-3H3. The highest BCUT2D eigenvalue weighted by molar-refractivity contribution is 7.89. The summed E-state index contributed by atoms with van der Waals surface area (Å²) < 4.78 is 48.1. The van der Waals surface area contributed by atoms with Crippen molar-refractivity contribution in [2.75, 3.05) is 7.11 Å². The number of nitrogens with zero attached hydrogens (tertiary/aromatic N) is 2. The molecule has 1 unspecified atom stereocenters. The van der Waals surface area contributed by atoms with E-state index in [1.165, 1.54) is 19.2 Å². The van der Waals surface area contributed by atoms with Gasteiger partial charge in [0.25, 0.3) is 0 Å². The lowest BCUT2D eigenvalue weighted by Gasteiger charge is -2.15. The predicted octanol–water partition coefficient (Wildman–Crippen LogP) is 2.68. The monoisotopic (exact) mass is 405 g/mol. The first-order valence-electron chi connectivity index (χ1n) is 8.50. The van der Waals surface area contributed by atoms with Crippen LogP contribution in [0, 0.1) is 5.82 Å². The van der Waals surface area contributed by atoms with Crippen LogP contribution in [0.15, 0.2) is 42.6 Å². The SMILES string of the molecule is COC(=O)c1ccc(CNS(=O)(=O)C(C)c2ccc3cnn(C)c3c2)c(F)c1. The minimum atomic E-state index is -3.76. The van der Waals surface area contributed by atoms with Crippen LogP contribution >= 0.6 is 0 Å². The Bertz CT molecular complexity index is 1140. The number of fused-ring (bicyclic) bond motifs is 1. The summed E-state index contributed by atoms with van der Waals surface area (Å²) in [6.07, 6.45) is 1.71. The van der Waals surface area contributed by atoms with E-state index in [9.17, 15) is 17.6 Å². The van der Waals surface area contributed by atoms with Crippen LogP contribution in [0.4, 0.5) is 4.39 Å². The van der Waals surface area contributed by atoms with Crippen LogP contribution in [0.1, 0.15) is 33.7 Å². The van der Waals surface area contributed by atoms with Gasteiger partial charge >= 0.3 is 5.97 Å². The van der Waals surface area contributed by atoms with E-state index in [1.807, 2.05) is 6.07 Å². The number of halogens is 1. The average Bonchev–Trinajstić information content (AvgIpc) is 3.06. The van der Waals surface area contributed by atoms with Crippen LogP contribution in [0.5, 0.6) is 0 Å². The summed E-state index contributed by atoms with van der Waals surface area (Å²) >= 11 is 0. The Hall–Kier alpha value is -2.78. The number of sulfonamides is 1. The number of carbonyl (C=O) groups excluding carboxylic acids is 1. The molecule has 0 aliphatic carbocycles. The summed E-state index contributed by atoms with van der Waals surface area (Å²) in [6.45, 7) is 1.34. The van der Waals surface area contributed by atoms with Crippen molar-refractivity contribution in [3.8, 4) is 0 Å². The van der Waals surface area contributed by atoms with Crippen molar-refractivity contribution in [3.05, 3.63) is 65.1 Å². The molecule has 1 aromatic heterocycles. The number of aryl methyl sites for hydroxylation is 1. The number of methoxy groups -OCH3 is 1. The molecule has 0 bridgehead atoms. The topological polar surface area (TPSA) is 90.3 Å². The Labute approximate surface area is 162 Å². The number of rotatable bonds is 6. The van der Waals surface area contributed by atoms with Crippen molar-refractivity contribution < 1.29 is 22.3 Å². The third kappa shape index (κ3) is 3.90. The summed E-state index contributed by atoms with van der Waals surface area (Å²) in [5.74, 6) is -1.35. The van der Waals surface area contributed by atoms with Gasteiger partial charge in [-0.25, -0.2) is 22.3 Å². The zero-order chi connectivity index (χ0) is 20.5. The molecule has 9 heteroatoms. The molecule has 3 aromatic rings. The molecule has 28 heavy (non-hydrogen) atoms. The molecule has 0 spiro atoms. The van der Waals surface area contributed by atoms with E-state index in [2.05, 4.69) is 14.6 Å². The van der Waals surface area contributed by atoms with Gasteiger partial charge in [-0.2, -0.15) is 5.10 Å². The van der Waals surface area contributed by atoms with Gasteiger partial charge < -0.3 is 4.74 Å². The minimum absolute atomic E-state index is 0.0597. The zero-order valence-electron chi connectivity index (χ0n) is 15.6. The van der Waals surface area contributed by atoms with Crippen molar-refractivity contribution in [2.24, 2.45) is 7.05 Å². The largest absolute Gasteiger partial charge is 0.465 e. The normalized spacial score (nSPS) is 12.9. The number of esters is 1. The van der Waals surface area contributed by atoms with Crippen LogP contribution < -0.4 is 4.72 Å². The minimum Gasteiger partial charge on any atom is -0.465 e. The lowest BCUT2D eigenvalue weighted by atomic mass is 10.1. The number of nitrogens with one attached hydrogen (secondary N) is 1. The fourth-order valence-electron chi connectivity index (χ4n) is 2.83. The first-order chi connectivity index (χ1) is 13.2. The highest BCUT2D eigenvalue weighted by Crippen LogP contribution is 2.25. The highest BCUT2D eigenvalue weighted by atomic mass is 32.2. The maximum Gasteiger partial charge on any atom is 0.337 e. The molecule has 0 saturated carbocycles. The van der Waals surface area contributed by atoms with E-state index < -0.39 is 27.1 Å². The Morgan fingerprint density at radius 3 is 2.71 bits per heavy atom. The van der Waals surface area contributed by atoms with E-state index in [-0.39, 0.29) is 17.7 Å². The summed E-state index contributed by atoms with van der Waals surface area (Å²) in [5, 5.41) is 4.22. The molecule has 1 N–H and O–H groups in total. The van der Waals surface area contributed by atoms with Gasteiger partial charge in [-0.1, -0.05) is 18.2 Å². The smallest absolute Gasteiger partial charge is 0.337 e. The Kier molecular flexibility index (Phi) is 5.48. The molecular weight excluding hydrogens is 385 g/mol. The number of hydrogen-bond donors (Lipinski definition) is 1. The number of aromatic nitrogens is 2. The number of benzene rings is 2. The second kappa shape index (κ2) is 7.69. The zero-order valence-corrected chi connectivity index (χ0v) is 16.5. The molecule has 148 valence electrons. The Morgan fingerprint density at radius 2 is 2.04 bits per heavy atom. The summed E-state index contributed by atoms with van der Waals surface area (Å²) in [4.78, 5) is 11.4. The molecule has 0 saturated heterocycles. The quantitative estimate of drug-likeness (QED) is 0.637. The maximum absolute atomic E-state index is 14.2. The van der Waals surface area contributed by atoms with Crippen molar-refractivity contribution in [3.63, 3.8) is 0 Å². The van der Waals surface area contributed by atoms with Crippen LogP contribution in [0.2, 0.25) is 0 Å². The molecule has 0 amide bonds. The molecule has 3 rings (SSSR count). The Morgan fingerprint density at radius 1 is 1.29 bits per heavy atom. The summed E-state index contributed by atoms with van der Waals surface area (Å²) in [7, 11) is -0.779. The lowest BCUT2D eigenvalue weighted by molar-refractivity contribution is 0.0600. The van der Waals surface area contributed by atoms with Gasteiger partial charge in [0.15, 0.2) is 0 Å². The summed E-state index contributed by atoms with van der Waals surface area (Å²) in [5.41, 5.74) is 1.61. The first kappa shape index (κ1) is 20.0. The van der Waals surface area contributed by atoms with Crippen molar-refractivity contribution in [1.29, 1.82) is 0 Å². The van der Waals surface area contributed by atoms with Crippen LogP contribution in [0.3, 0.4) is 0 Å². The molecule has 7 nitrogen and oxygen atoms in total. The molecule has 0 radical (unpaired) electrons. The van der Waals surface area contributed by atoms with Crippen LogP contribution in [-0.4, -0.2) is 31.3 Å². The average molecular weight is 405 g/mol. The van der Waals surface area contributed by atoms with Gasteiger partial charge in [0.1, 0.15) is 5.82 Å². The van der Waals surface area contributed by atoms with Crippen LogP contribution in [0.25, 0.3) is 10.9 Å². The molecule has 2 aromatic carbocycles. The van der Waals surface area contributed by atoms with E-state index in [0.717, 1.165) is 17.0 Å². The molecule has 1 atom stereocenters. The van der Waals surface area contributed by atoms with Crippen LogP contribution in [-0.2, 0) is 28.4 Å². The van der Waals surface area contributed by atoms with E-state index in [4.69, 9.17) is 0 Å². The van der Waals surface area contributed by atoms with E-state index in [1.54, 1.807) is 37.0 Å². The lowest BCUT2D eigenvalue weighted by Crippen LogP contribution is -2.28. The third-order valence-corrected chi connectivity index (χ3v) is 6.40. The highest BCUT2D eigenvalue weighted by Gasteiger charge is 2.23. The second-order valence-corrected chi connectivity index (χ2v) is 8.48. The van der Waals surface area contributed by atoms with Gasteiger partial charge in [0.2, 0.25) is 10.0 Å². The molecule has 0 fully saturated rings. The first-order valence-corrected chi connectivity index (χ1v) is 10.0. The molecule has 0 aliphatic rings. The maximum atomic E-state index is 14.2. The Balaban J connectivity index is 1.77. The van der Waals surface area contributed by atoms with Gasteiger partial charge in [-0.15, -0.1) is 0 Å². The fraction of sp³-hybridized carbons (Fsp3) is 0.263. The number of ether oxygens (including phenoxy) is 1. The predicted molar refractivity (Wildman–Crippen MR) is 103 cm³/mol. The van der Waals surface area contributed by atoms with E-state index in [0.29, 0.717) is 5.56 Å². The van der Waals surface area contributed by atoms with Crippen molar-refractivity contribution >= 4 is 26.9 Å². The van der Waals surface area contributed by atoms with Crippen molar-refractivity contribution in [1.82, 2.24) is 14.5 Å². The molecule has 1 heterocycles. The fourth-order valence-corrected chi connectivity index (χ4v) is 3.94. The van der Waals surface area contributed by atoms with Gasteiger partial charge in [0.05, 0.1) is 29.6 Å². The number of carbonyl (C=O) groups is 1.